The molecule has 0 aromatic carbocycles. The molecule has 0 aliphatic rings. The van der Waals surface area contributed by atoms with Crippen LogP contribution in [0.1, 0.15) is 44.7 Å². The first-order valence-corrected chi connectivity index (χ1v) is 6.52. The normalized spacial score (nSPS) is 13.8. The maximum absolute atomic E-state index is 11.0. The van der Waals surface area contributed by atoms with E-state index in [9.17, 15) is 4.79 Å². The van der Waals surface area contributed by atoms with Gasteiger partial charge in [-0.2, -0.15) is 0 Å². The number of nitrogens with zero attached hydrogens (tertiary/aromatic N) is 2. The number of hydrogen-bond donors (Lipinski definition) is 1. The minimum absolute atomic E-state index is 0.111. The first kappa shape index (κ1) is 15.7. The predicted octanol–water partition coefficient (Wildman–Crippen LogP) is 2.61. The lowest BCUT2D eigenvalue weighted by Gasteiger charge is -2.36. The van der Waals surface area contributed by atoms with Crippen LogP contribution in [0.3, 0.4) is 0 Å². The number of rotatable bonds is 5. The Kier molecular flexibility index (Phi) is 4.74. The lowest BCUT2D eigenvalue weighted by molar-refractivity contribution is -0.142. The molecule has 5 heteroatoms. The molecular weight excluding hydrogens is 244 g/mol. The number of carboxylic acids is 1. The summed E-state index contributed by atoms with van der Waals surface area (Å²) >= 11 is 0. The van der Waals surface area contributed by atoms with Gasteiger partial charge >= 0.3 is 5.97 Å². The molecule has 0 radical (unpaired) electrons. The van der Waals surface area contributed by atoms with Crippen molar-refractivity contribution in [1.82, 2.24) is 10.1 Å². The van der Waals surface area contributed by atoms with Crippen molar-refractivity contribution in [2.24, 2.45) is 5.92 Å². The zero-order chi connectivity index (χ0) is 14.8. The predicted molar refractivity (Wildman–Crippen MR) is 72.9 cm³/mol. The molecule has 0 aliphatic carbocycles. The Hall–Kier alpha value is -1.36. The SMILES string of the molecule is Cc1noc(C)c1CN(CC(C)C(=O)O)C(C)(C)C. The van der Waals surface area contributed by atoms with Crippen LogP contribution in [0.4, 0.5) is 0 Å². The average molecular weight is 268 g/mol. The summed E-state index contributed by atoms with van der Waals surface area (Å²) in [7, 11) is 0. The maximum Gasteiger partial charge on any atom is 0.307 e. The summed E-state index contributed by atoms with van der Waals surface area (Å²) in [5.41, 5.74) is 1.81. The highest BCUT2D eigenvalue weighted by molar-refractivity contribution is 5.69. The van der Waals surface area contributed by atoms with E-state index < -0.39 is 11.9 Å². The highest BCUT2D eigenvalue weighted by Gasteiger charge is 2.27. The minimum Gasteiger partial charge on any atom is -0.481 e. The van der Waals surface area contributed by atoms with Crippen LogP contribution < -0.4 is 0 Å². The summed E-state index contributed by atoms with van der Waals surface area (Å²) in [5, 5.41) is 13.0. The van der Waals surface area contributed by atoms with Crippen LogP contribution in [0.25, 0.3) is 0 Å². The van der Waals surface area contributed by atoms with Gasteiger partial charge in [0.25, 0.3) is 0 Å². The van der Waals surface area contributed by atoms with E-state index in [1.54, 1.807) is 6.92 Å². The molecule has 0 aliphatic heterocycles. The second-order valence-electron chi connectivity index (χ2n) is 6.09. The topological polar surface area (TPSA) is 66.6 Å². The summed E-state index contributed by atoms with van der Waals surface area (Å²) in [4.78, 5) is 13.2. The average Bonchev–Trinajstić information content (AvgIpc) is 2.57. The number of hydrogen-bond acceptors (Lipinski definition) is 4. The highest BCUT2D eigenvalue weighted by Crippen LogP contribution is 2.22. The largest absolute Gasteiger partial charge is 0.481 e. The standard InChI is InChI=1S/C14H24N2O3/c1-9(13(17)18)7-16(14(4,5)6)8-12-10(2)15-19-11(12)3/h9H,7-8H2,1-6H3,(H,17,18). The van der Waals surface area contributed by atoms with Gasteiger partial charge in [-0.1, -0.05) is 12.1 Å². The summed E-state index contributed by atoms with van der Waals surface area (Å²) in [6, 6.07) is 0. The first-order chi connectivity index (χ1) is 8.62. The van der Waals surface area contributed by atoms with Gasteiger partial charge in [0.2, 0.25) is 0 Å². The molecular formula is C14H24N2O3. The van der Waals surface area contributed by atoms with Gasteiger partial charge in [-0.05, 0) is 34.6 Å². The lowest BCUT2D eigenvalue weighted by atomic mass is 10.0. The Morgan fingerprint density at radius 3 is 2.37 bits per heavy atom. The number of carbonyl (C=O) groups is 1. The number of aryl methyl sites for hydroxylation is 2. The van der Waals surface area contributed by atoms with E-state index in [1.165, 1.54) is 0 Å². The van der Waals surface area contributed by atoms with Crippen molar-refractivity contribution in [1.29, 1.82) is 0 Å². The Morgan fingerprint density at radius 1 is 1.42 bits per heavy atom. The van der Waals surface area contributed by atoms with Crippen molar-refractivity contribution in [2.75, 3.05) is 6.54 Å². The number of aromatic nitrogens is 1. The fourth-order valence-corrected chi connectivity index (χ4v) is 1.90. The summed E-state index contributed by atoms with van der Waals surface area (Å²) in [5.74, 6) is -0.373. The van der Waals surface area contributed by atoms with Gasteiger partial charge in [0.1, 0.15) is 5.76 Å². The van der Waals surface area contributed by atoms with Gasteiger partial charge in [0, 0.05) is 24.2 Å². The molecule has 1 rings (SSSR count). The van der Waals surface area contributed by atoms with Crippen molar-refractivity contribution >= 4 is 5.97 Å². The summed E-state index contributed by atoms with van der Waals surface area (Å²) < 4.78 is 5.17. The molecule has 19 heavy (non-hydrogen) atoms. The second-order valence-corrected chi connectivity index (χ2v) is 6.09. The molecule has 0 fully saturated rings. The molecule has 0 bridgehead atoms. The molecule has 1 unspecified atom stereocenters. The van der Waals surface area contributed by atoms with Crippen LogP contribution in [0.5, 0.6) is 0 Å². The Labute approximate surface area is 114 Å². The van der Waals surface area contributed by atoms with Gasteiger partial charge in [0.05, 0.1) is 11.6 Å². The van der Waals surface area contributed by atoms with Crippen molar-refractivity contribution in [3.63, 3.8) is 0 Å². The summed E-state index contributed by atoms with van der Waals surface area (Å²) in [6.45, 7) is 12.9. The molecule has 1 aromatic heterocycles. The quantitative estimate of drug-likeness (QED) is 0.889. The Balaban J connectivity index is 2.91. The van der Waals surface area contributed by atoms with Gasteiger partial charge in [-0.3, -0.25) is 9.69 Å². The van der Waals surface area contributed by atoms with Crippen molar-refractivity contribution in [3.8, 4) is 0 Å². The Morgan fingerprint density at radius 2 is 2.00 bits per heavy atom. The van der Waals surface area contributed by atoms with E-state index in [-0.39, 0.29) is 5.54 Å². The van der Waals surface area contributed by atoms with E-state index in [0.29, 0.717) is 13.1 Å². The van der Waals surface area contributed by atoms with E-state index in [4.69, 9.17) is 9.63 Å². The second kappa shape index (κ2) is 5.74. The van der Waals surface area contributed by atoms with Gasteiger partial charge < -0.3 is 9.63 Å². The van der Waals surface area contributed by atoms with Gasteiger partial charge in [0.15, 0.2) is 0 Å². The van der Waals surface area contributed by atoms with Crippen LogP contribution in [0.2, 0.25) is 0 Å². The van der Waals surface area contributed by atoms with Crippen LogP contribution in [0, 0.1) is 19.8 Å². The third kappa shape index (κ3) is 4.06. The molecule has 5 nitrogen and oxygen atoms in total. The third-order valence-electron chi connectivity index (χ3n) is 3.39. The van der Waals surface area contributed by atoms with Crippen LogP contribution in [0.15, 0.2) is 4.52 Å². The van der Waals surface area contributed by atoms with Crippen molar-refractivity contribution < 1.29 is 14.4 Å². The number of aliphatic carboxylic acids is 1. The zero-order valence-electron chi connectivity index (χ0n) is 12.6. The zero-order valence-corrected chi connectivity index (χ0v) is 12.6. The lowest BCUT2D eigenvalue weighted by Crippen LogP contribution is -2.44. The number of carboxylic acid groups (broad SMARTS) is 1. The van der Waals surface area contributed by atoms with E-state index in [0.717, 1.165) is 17.0 Å². The molecule has 1 atom stereocenters. The molecule has 0 saturated heterocycles. The molecule has 1 N–H and O–H groups in total. The monoisotopic (exact) mass is 268 g/mol. The molecule has 1 aromatic rings. The van der Waals surface area contributed by atoms with Crippen LogP contribution >= 0.6 is 0 Å². The molecule has 0 saturated carbocycles. The molecule has 1 heterocycles. The van der Waals surface area contributed by atoms with Crippen LogP contribution in [-0.2, 0) is 11.3 Å². The van der Waals surface area contributed by atoms with E-state index in [1.807, 2.05) is 13.8 Å². The smallest absolute Gasteiger partial charge is 0.307 e. The highest BCUT2D eigenvalue weighted by atomic mass is 16.5. The fraction of sp³-hybridized carbons (Fsp3) is 0.714. The van der Waals surface area contributed by atoms with Gasteiger partial charge in [-0.15, -0.1) is 0 Å². The first-order valence-electron chi connectivity index (χ1n) is 6.52. The van der Waals surface area contributed by atoms with E-state index >= 15 is 0 Å². The third-order valence-corrected chi connectivity index (χ3v) is 3.39. The Bertz CT molecular complexity index is 427. The van der Waals surface area contributed by atoms with Crippen molar-refractivity contribution in [3.05, 3.63) is 17.0 Å². The molecule has 108 valence electrons. The molecule has 0 spiro atoms. The maximum atomic E-state index is 11.0. The summed E-state index contributed by atoms with van der Waals surface area (Å²) in [6.07, 6.45) is 0. The minimum atomic E-state index is -0.770. The van der Waals surface area contributed by atoms with Crippen LogP contribution in [-0.4, -0.2) is 33.2 Å². The van der Waals surface area contributed by atoms with E-state index in [2.05, 4.69) is 30.8 Å². The molecule has 0 amide bonds. The fourth-order valence-electron chi connectivity index (χ4n) is 1.90. The van der Waals surface area contributed by atoms with Crippen molar-refractivity contribution in [2.45, 2.75) is 53.6 Å². The van der Waals surface area contributed by atoms with Gasteiger partial charge in [-0.25, -0.2) is 0 Å².